The standard InChI is InChI=1S/C14H29NO5S/c1-13(2)15-4-5-17-6-7-18-8-9-19-10-11-20-12-14(16)21-3/h13,15H,4-12H2,1-3H3. The lowest BCUT2D eigenvalue weighted by molar-refractivity contribution is -0.115. The van der Waals surface area contributed by atoms with Crippen LogP contribution in [0, 0.1) is 0 Å². The second-order valence-corrected chi connectivity index (χ2v) is 5.44. The molecule has 0 bridgehead atoms. The van der Waals surface area contributed by atoms with Crippen LogP contribution in [-0.4, -0.2) is 76.8 Å². The lowest BCUT2D eigenvalue weighted by Crippen LogP contribution is -2.27. The Morgan fingerprint density at radius 3 is 1.86 bits per heavy atom. The van der Waals surface area contributed by atoms with Gasteiger partial charge in [-0.25, -0.2) is 0 Å². The molecule has 126 valence electrons. The van der Waals surface area contributed by atoms with E-state index >= 15 is 0 Å². The van der Waals surface area contributed by atoms with E-state index in [2.05, 4.69) is 19.2 Å². The molecule has 21 heavy (non-hydrogen) atoms. The first-order chi connectivity index (χ1) is 10.2. The van der Waals surface area contributed by atoms with E-state index in [1.165, 1.54) is 11.8 Å². The molecule has 0 atom stereocenters. The second kappa shape index (κ2) is 16.2. The van der Waals surface area contributed by atoms with Gasteiger partial charge in [-0.05, 0) is 6.26 Å². The van der Waals surface area contributed by atoms with Crippen molar-refractivity contribution in [2.45, 2.75) is 19.9 Å². The van der Waals surface area contributed by atoms with Gasteiger partial charge in [0, 0.05) is 12.6 Å². The van der Waals surface area contributed by atoms with Crippen molar-refractivity contribution >= 4 is 16.9 Å². The van der Waals surface area contributed by atoms with Crippen molar-refractivity contribution in [3.05, 3.63) is 0 Å². The van der Waals surface area contributed by atoms with Gasteiger partial charge in [-0.1, -0.05) is 25.6 Å². The Hall–Kier alpha value is -0.180. The lowest BCUT2D eigenvalue weighted by atomic mass is 10.4. The molecule has 0 heterocycles. The van der Waals surface area contributed by atoms with E-state index in [0.717, 1.165) is 6.54 Å². The summed E-state index contributed by atoms with van der Waals surface area (Å²) in [4.78, 5) is 10.9. The first kappa shape index (κ1) is 20.8. The van der Waals surface area contributed by atoms with Crippen LogP contribution < -0.4 is 5.32 Å². The molecule has 0 aromatic carbocycles. The molecule has 0 saturated heterocycles. The summed E-state index contributed by atoms with van der Waals surface area (Å²) in [5.41, 5.74) is 0. The minimum atomic E-state index is 0.0296. The van der Waals surface area contributed by atoms with Crippen LogP contribution in [0.15, 0.2) is 0 Å². The van der Waals surface area contributed by atoms with E-state index in [4.69, 9.17) is 18.9 Å². The second-order valence-electron chi connectivity index (χ2n) is 4.57. The molecule has 0 fully saturated rings. The number of rotatable bonds is 15. The smallest absolute Gasteiger partial charge is 0.214 e. The van der Waals surface area contributed by atoms with Crippen molar-refractivity contribution in [1.82, 2.24) is 5.32 Å². The van der Waals surface area contributed by atoms with Gasteiger partial charge in [0.1, 0.15) is 6.61 Å². The topological polar surface area (TPSA) is 66.0 Å². The third kappa shape index (κ3) is 17.8. The number of carbonyl (C=O) groups is 1. The fraction of sp³-hybridized carbons (Fsp3) is 0.929. The molecule has 0 amide bonds. The van der Waals surface area contributed by atoms with E-state index in [1.54, 1.807) is 6.26 Å². The summed E-state index contributed by atoms with van der Waals surface area (Å²) < 4.78 is 21.2. The normalized spacial score (nSPS) is 11.2. The van der Waals surface area contributed by atoms with Gasteiger partial charge in [-0.3, -0.25) is 4.79 Å². The van der Waals surface area contributed by atoms with E-state index in [-0.39, 0.29) is 11.7 Å². The molecule has 0 saturated carbocycles. The number of hydrogen-bond acceptors (Lipinski definition) is 7. The highest BCUT2D eigenvalue weighted by Crippen LogP contribution is 1.94. The van der Waals surface area contributed by atoms with Crippen molar-refractivity contribution in [2.24, 2.45) is 0 Å². The zero-order valence-electron chi connectivity index (χ0n) is 13.4. The lowest BCUT2D eigenvalue weighted by Gasteiger charge is -2.09. The predicted octanol–water partition coefficient (Wildman–Crippen LogP) is 0.940. The van der Waals surface area contributed by atoms with Crippen LogP contribution in [0.25, 0.3) is 0 Å². The molecule has 7 heteroatoms. The van der Waals surface area contributed by atoms with Gasteiger partial charge in [-0.2, -0.15) is 0 Å². The first-order valence-electron chi connectivity index (χ1n) is 7.28. The average Bonchev–Trinajstić information content (AvgIpc) is 2.46. The van der Waals surface area contributed by atoms with Crippen LogP contribution in [0.1, 0.15) is 13.8 Å². The summed E-state index contributed by atoms with van der Waals surface area (Å²) in [5, 5.41) is 3.30. The fourth-order valence-electron chi connectivity index (χ4n) is 1.29. The molecule has 0 aliphatic heterocycles. The average molecular weight is 323 g/mol. The molecule has 0 aromatic heterocycles. The van der Waals surface area contributed by atoms with Crippen LogP contribution in [0.2, 0.25) is 0 Å². The monoisotopic (exact) mass is 323 g/mol. The molecule has 0 unspecified atom stereocenters. The third-order valence-electron chi connectivity index (χ3n) is 2.36. The van der Waals surface area contributed by atoms with E-state index in [9.17, 15) is 4.79 Å². The quantitative estimate of drug-likeness (QED) is 0.450. The van der Waals surface area contributed by atoms with Crippen LogP contribution in [0.5, 0.6) is 0 Å². The van der Waals surface area contributed by atoms with E-state index in [0.29, 0.717) is 52.3 Å². The third-order valence-corrected chi connectivity index (χ3v) is 2.94. The molecule has 0 aliphatic carbocycles. The zero-order valence-corrected chi connectivity index (χ0v) is 14.2. The highest BCUT2D eigenvalue weighted by atomic mass is 32.2. The van der Waals surface area contributed by atoms with E-state index < -0.39 is 0 Å². The van der Waals surface area contributed by atoms with Crippen LogP contribution in [0.3, 0.4) is 0 Å². The number of nitrogens with one attached hydrogen (secondary N) is 1. The summed E-state index contributed by atoms with van der Waals surface area (Å²) in [7, 11) is 0. The molecular formula is C14H29NO5S. The minimum absolute atomic E-state index is 0.0296. The van der Waals surface area contributed by atoms with Gasteiger partial charge in [-0.15, -0.1) is 0 Å². The fourth-order valence-corrected chi connectivity index (χ4v) is 1.50. The Morgan fingerprint density at radius 1 is 0.905 bits per heavy atom. The van der Waals surface area contributed by atoms with Crippen molar-refractivity contribution in [3.8, 4) is 0 Å². The highest BCUT2D eigenvalue weighted by molar-refractivity contribution is 8.13. The molecular weight excluding hydrogens is 294 g/mol. The van der Waals surface area contributed by atoms with Crippen molar-refractivity contribution in [2.75, 3.05) is 65.7 Å². The minimum Gasteiger partial charge on any atom is -0.378 e. The maximum absolute atomic E-state index is 10.9. The van der Waals surface area contributed by atoms with Gasteiger partial charge in [0.05, 0.1) is 46.2 Å². The summed E-state index contributed by atoms with van der Waals surface area (Å²) >= 11 is 1.17. The van der Waals surface area contributed by atoms with Crippen molar-refractivity contribution < 1.29 is 23.7 Å². The molecule has 0 spiro atoms. The maximum atomic E-state index is 10.9. The number of carbonyl (C=O) groups excluding carboxylic acids is 1. The number of hydrogen-bond donors (Lipinski definition) is 1. The maximum Gasteiger partial charge on any atom is 0.214 e. The Kier molecular flexibility index (Phi) is 16.1. The zero-order chi connectivity index (χ0) is 15.8. The summed E-state index contributed by atoms with van der Waals surface area (Å²) in [6.45, 7) is 9.05. The van der Waals surface area contributed by atoms with Gasteiger partial charge in [0.15, 0.2) is 0 Å². The van der Waals surface area contributed by atoms with Gasteiger partial charge < -0.3 is 24.3 Å². The summed E-state index contributed by atoms with van der Waals surface area (Å²) in [5.74, 6) is 0. The molecule has 0 radical (unpaired) electrons. The van der Waals surface area contributed by atoms with Gasteiger partial charge in [0.2, 0.25) is 5.12 Å². The molecule has 6 nitrogen and oxygen atoms in total. The van der Waals surface area contributed by atoms with Crippen LogP contribution in [0.4, 0.5) is 0 Å². The van der Waals surface area contributed by atoms with Crippen molar-refractivity contribution in [1.29, 1.82) is 0 Å². The van der Waals surface area contributed by atoms with Crippen molar-refractivity contribution in [3.63, 3.8) is 0 Å². The SMILES string of the molecule is CSC(=O)COCCOCCOCCOCCNC(C)C. The van der Waals surface area contributed by atoms with Gasteiger partial charge >= 0.3 is 0 Å². The predicted molar refractivity (Wildman–Crippen MR) is 84.9 cm³/mol. The molecule has 0 aromatic rings. The van der Waals surface area contributed by atoms with E-state index in [1.807, 2.05) is 0 Å². The number of ether oxygens (including phenoxy) is 4. The largest absolute Gasteiger partial charge is 0.378 e. The van der Waals surface area contributed by atoms with Gasteiger partial charge in [0.25, 0.3) is 0 Å². The summed E-state index contributed by atoms with van der Waals surface area (Å²) in [6, 6.07) is 0.491. The number of thioether (sulfide) groups is 1. The van der Waals surface area contributed by atoms with Crippen LogP contribution >= 0.6 is 11.8 Å². The Morgan fingerprint density at radius 2 is 1.38 bits per heavy atom. The summed E-state index contributed by atoms with van der Waals surface area (Å²) in [6.07, 6.45) is 1.74. The molecule has 0 rings (SSSR count). The Labute approximate surface area is 132 Å². The van der Waals surface area contributed by atoms with Crippen LogP contribution in [-0.2, 0) is 23.7 Å². The first-order valence-corrected chi connectivity index (χ1v) is 8.50. The Bertz CT molecular complexity index is 241. The highest BCUT2D eigenvalue weighted by Gasteiger charge is 1.98. The molecule has 1 N–H and O–H groups in total. The molecule has 0 aliphatic rings. The Balaban J connectivity index is 3.01.